The van der Waals surface area contributed by atoms with Crippen LogP contribution in [0.15, 0.2) is 52.9 Å². The maximum absolute atomic E-state index is 12.4. The van der Waals surface area contributed by atoms with Crippen molar-refractivity contribution in [3.8, 4) is 11.5 Å². The van der Waals surface area contributed by atoms with Gasteiger partial charge in [0.05, 0.1) is 0 Å². The molecular weight excluding hydrogens is 413 g/mol. The van der Waals surface area contributed by atoms with Gasteiger partial charge in [0, 0.05) is 0 Å². The van der Waals surface area contributed by atoms with Crippen LogP contribution in [0, 0.1) is 0 Å². The minimum absolute atomic E-state index is 0.0110. The SMILES string of the molecule is COc1cccc2oc(C(=O)[As]CCOc3ccc(C(=O)NO)cc3)cc12. The van der Waals surface area contributed by atoms with E-state index in [0.717, 1.165) is 5.39 Å². The summed E-state index contributed by atoms with van der Waals surface area (Å²) in [5, 5.41) is 9.98. The fourth-order valence-electron chi connectivity index (χ4n) is 2.47. The van der Waals surface area contributed by atoms with Crippen LogP contribution in [0.3, 0.4) is 0 Å². The first kappa shape index (κ1) is 19.0. The van der Waals surface area contributed by atoms with Gasteiger partial charge in [-0.1, -0.05) is 0 Å². The van der Waals surface area contributed by atoms with E-state index in [-0.39, 0.29) is 4.57 Å². The summed E-state index contributed by atoms with van der Waals surface area (Å²) < 4.78 is 16.5. The van der Waals surface area contributed by atoms with Crippen LogP contribution in [0.5, 0.6) is 11.5 Å². The number of hydrogen-bond donors (Lipinski definition) is 2. The molecule has 0 aliphatic rings. The zero-order chi connectivity index (χ0) is 19.2. The van der Waals surface area contributed by atoms with Gasteiger partial charge < -0.3 is 0 Å². The van der Waals surface area contributed by atoms with E-state index in [1.165, 1.54) is 0 Å². The van der Waals surface area contributed by atoms with Gasteiger partial charge in [0.15, 0.2) is 0 Å². The zero-order valence-electron chi connectivity index (χ0n) is 14.5. The molecule has 2 aromatic carbocycles. The van der Waals surface area contributed by atoms with Crippen molar-refractivity contribution in [3.05, 3.63) is 59.9 Å². The van der Waals surface area contributed by atoms with Gasteiger partial charge >= 0.3 is 162 Å². The zero-order valence-corrected chi connectivity index (χ0v) is 16.3. The molecule has 7 nitrogen and oxygen atoms in total. The van der Waals surface area contributed by atoms with Gasteiger partial charge in [0.1, 0.15) is 0 Å². The Bertz CT molecular complexity index is 950. The fraction of sp³-hybridized carbons (Fsp3) is 0.158. The van der Waals surface area contributed by atoms with Crippen molar-refractivity contribution < 1.29 is 28.7 Å². The van der Waals surface area contributed by atoms with Crippen LogP contribution in [0.25, 0.3) is 11.0 Å². The van der Waals surface area contributed by atoms with E-state index in [2.05, 4.69) is 0 Å². The summed E-state index contributed by atoms with van der Waals surface area (Å²) in [4.78, 5) is 23.6. The van der Waals surface area contributed by atoms with E-state index in [1.54, 1.807) is 49.0 Å². The molecule has 0 saturated heterocycles. The van der Waals surface area contributed by atoms with Crippen molar-refractivity contribution in [2.45, 2.75) is 5.21 Å². The first-order valence-electron chi connectivity index (χ1n) is 8.08. The van der Waals surface area contributed by atoms with Gasteiger partial charge in [-0.3, -0.25) is 0 Å². The standard InChI is InChI=1S/C19H17AsNO6/c1-25-15-3-2-4-16-14(15)11-17(27-16)18(22)20-9-10-26-13-7-5-12(6-8-13)19(23)21-24/h2-8,11,24H,9-10H2,1H3,(H,21,23). The first-order valence-corrected chi connectivity index (χ1v) is 10.3. The van der Waals surface area contributed by atoms with Crippen LogP contribution >= 0.6 is 0 Å². The van der Waals surface area contributed by atoms with Crippen molar-refractivity contribution in [2.24, 2.45) is 0 Å². The predicted molar refractivity (Wildman–Crippen MR) is 98.8 cm³/mol. The molecule has 0 saturated carbocycles. The third kappa shape index (κ3) is 4.50. The average molecular weight is 430 g/mol. The third-order valence-corrected chi connectivity index (χ3v) is 5.70. The van der Waals surface area contributed by atoms with Gasteiger partial charge in [-0.05, 0) is 0 Å². The van der Waals surface area contributed by atoms with Crippen LogP contribution < -0.4 is 15.0 Å². The summed E-state index contributed by atoms with van der Waals surface area (Å²) in [6.07, 6.45) is 0. The average Bonchev–Trinajstić information content (AvgIpc) is 3.15. The molecule has 3 aromatic rings. The number of carbonyl (C=O) groups is 2. The molecule has 1 heterocycles. The van der Waals surface area contributed by atoms with Crippen molar-refractivity contribution in [3.63, 3.8) is 0 Å². The van der Waals surface area contributed by atoms with Gasteiger partial charge in [-0.2, -0.15) is 0 Å². The number of nitrogens with one attached hydrogen (secondary N) is 1. The Morgan fingerprint density at radius 3 is 2.67 bits per heavy atom. The summed E-state index contributed by atoms with van der Waals surface area (Å²) in [6, 6.07) is 13.5. The van der Waals surface area contributed by atoms with Crippen molar-refractivity contribution in [2.75, 3.05) is 13.7 Å². The molecule has 0 fully saturated rings. The normalized spacial score (nSPS) is 11.0. The quantitative estimate of drug-likeness (QED) is 0.247. The number of rotatable bonds is 8. The summed E-state index contributed by atoms with van der Waals surface area (Å²) in [7, 11) is 1.58. The van der Waals surface area contributed by atoms with Crippen LogP contribution in [-0.4, -0.2) is 45.2 Å². The number of ether oxygens (including phenoxy) is 2. The molecule has 139 valence electrons. The Kier molecular flexibility index (Phi) is 6.16. The predicted octanol–water partition coefficient (Wildman–Crippen LogP) is 2.90. The van der Waals surface area contributed by atoms with Crippen molar-refractivity contribution in [1.29, 1.82) is 0 Å². The molecule has 0 aliphatic heterocycles. The van der Waals surface area contributed by atoms with E-state index in [4.69, 9.17) is 19.1 Å². The molecule has 1 radical (unpaired) electrons. The summed E-state index contributed by atoms with van der Waals surface area (Å²) >= 11 is -0.625. The molecule has 0 aliphatic carbocycles. The minimum atomic E-state index is -0.625. The second kappa shape index (κ2) is 8.75. The van der Waals surface area contributed by atoms with E-state index in [1.807, 2.05) is 12.1 Å². The van der Waals surface area contributed by atoms with Gasteiger partial charge in [-0.25, -0.2) is 0 Å². The number of carbonyl (C=O) groups excluding carboxylic acids is 2. The van der Waals surface area contributed by atoms with Crippen molar-refractivity contribution >= 4 is 37.2 Å². The molecule has 0 unspecified atom stereocenters. The molecule has 1 aromatic heterocycles. The number of benzene rings is 2. The number of hydrogen-bond acceptors (Lipinski definition) is 6. The Hall–Kier alpha value is -2.76. The monoisotopic (exact) mass is 430 g/mol. The fourth-order valence-corrected chi connectivity index (χ4v) is 3.84. The topological polar surface area (TPSA) is 98.0 Å². The molecule has 2 N–H and O–H groups in total. The second-order valence-electron chi connectivity index (χ2n) is 5.48. The van der Waals surface area contributed by atoms with Crippen LogP contribution in [0.4, 0.5) is 0 Å². The van der Waals surface area contributed by atoms with Gasteiger partial charge in [-0.15, -0.1) is 0 Å². The van der Waals surface area contributed by atoms with Gasteiger partial charge in [0.25, 0.3) is 0 Å². The summed E-state index contributed by atoms with van der Waals surface area (Å²) in [5.41, 5.74) is 2.52. The molecule has 1 amide bonds. The first-order chi connectivity index (χ1) is 13.1. The Morgan fingerprint density at radius 2 is 1.96 bits per heavy atom. The Balaban J connectivity index is 1.52. The van der Waals surface area contributed by atoms with E-state index < -0.39 is 21.7 Å². The van der Waals surface area contributed by atoms with Crippen LogP contribution in [0.2, 0.25) is 5.21 Å². The summed E-state index contributed by atoms with van der Waals surface area (Å²) in [6.45, 7) is 0.390. The number of furan rings is 1. The van der Waals surface area contributed by atoms with Crippen molar-refractivity contribution in [1.82, 2.24) is 5.48 Å². The number of amides is 1. The summed E-state index contributed by atoms with van der Waals surface area (Å²) in [5.74, 6) is 1.02. The molecule has 0 bridgehead atoms. The molecule has 0 spiro atoms. The third-order valence-electron chi connectivity index (χ3n) is 3.79. The van der Waals surface area contributed by atoms with E-state index in [0.29, 0.717) is 40.2 Å². The molecular formula is C19H17AsNO6. The van der Waals surface area contributed by atoms with Crippen LogP contribution in [0.1, 0.15) is 20.9 Å². The Labute approximate surface area is 161 Å². The molecule has 0 atom stereocenters. The van der Waals surface area contributed by atoms with Crippen LogP contribution in [-0.2, 0) is 0 Å². The number of methoxy groups -OCH3 is 1. The molecule has 3 rings (SSSR count). The Morgan fingerprint density at radius 1 is 1.19 bits per heavy atom. The molecule has 27 heavy (non-hydrogen) atoms. The number of fused-ring (bicyclic) bond motifs is 1. The molecule has 8 heteroatoms. The second-order valence-corrected chi connectivity index (χ2v) is 7.94. The van der Waals surface area contributed by atoms with E-state index in [9.17, 15) is 9.59 Å². The number of hydroxylamine groups is 1. The van der Waals surface area contributed by atoms with Gasteiger partial charge in [0.2, 0.25) is 0 Å². The maximum atomic E-state index is 12.4. The van der Waals surface area contributed by atoms with E-state index >= 15 is 0 Å².